The molecule has 3 heteroatoms. The highest BCUT2D eigenvalue weighted by atomic mass is 16.2. The van der Waals surface area contributed by atoms with Crippen LogP contribution in [-0.4, -0.2) is 22.8 Å². The van der Waals surface area contributed by atoms with Gasteiger partial charge in [0.1, 0.15) is 0 Å². The second-order valence-corrected chi connectivity index (χ2v) is 6.36. The van der Waals surface area contributed by atoms with Gasteiger partial charge >= 0.3 is 0 Å². The summed E-state index contributed by atoms with van der Waals surface area (Å²) in [5, 5.41) is 0. The first-order valence-corrected chi connectivity index (χ1v) is 6.63. The van der Waals surface area contributed by atoms with Gasteiger partial charge in [-0.05, 0) is 43.9 Å². The van der Waals surface area contributed by atoms with E-state index in [-0.39, 0.29) is 29.7 Å². The zero-order chi connectivity index (χ0) is 11.9. The minimum absolute atomic E-state index is 0.00940. The molecule has 4 aliphatic rings. The first-order valence-electron chi connectivity index (χ1n) is 6.63. The summed E-state index contributed by atoms with van der Waals surface area (Å²) in [5.74, 6) is 0.858. The number of carbonyl (C=O) groups excluding carboxylic acids is 2. The van der Waals surface area contributed by atoms with E-state index >= 15 is 0 Å². The van der Waals surface area contributed by atoms with Crippen molar-refractivity contribution in [2.45, 2.75) is 32.7 Å². The lowest BCUT2D eigenvalue weighted by Gasteiger charge is -2.24. The Hall–Kier alpha value is -1.12. The Bertz CT molecular complexity index is 427. The van der Waals surface area contributed by atoms with Crippen molar-refractivity contribution in [1.82, 2.24) is 4.90 Å². The van der Waals surface area contributed by atoms with Gasteiger partial charge in [-0.25, -0.2) is 0 Å². The maximum absolute atomic E-state index is 12.4. The number of allylic oxidation sites excluding steroid dienone is 2. The van der Waals surface area contributed by atoms with Crippen LogP contribution in [0.15, 0.2) is 12.2 Å². The molecule has 1 heterocycles. The molecular weight excluding hydrogens is 214 g/mol. The van der Waals surface area contributed by atoms with Gasteiger partial charge in [-0.15, -0.1) is 0 Å². The van der Waals surface area contributed by atoms with Crippen molar-refractivity contribution in [2.75, 3.05) is 0 Å². The predicted molar refractivity (Wildman–Crippen MR) is 61.8 cm³/mol. The highest BCUT2D eigenvalue weighted by Crippen LogP contribution is 2.73. The van der Waals surface area contributed by atoms with Crippen LogP contribution in [0.1, 0.15) is 26.7 Å². The molecule has 3 aliphatic carbocycles. The fourth-order valence-corrected chi connectivity index (χ4v) is 4.61. The zero-order valence-electron chi connectivity index (χ0n) is 10.2. The Morgan fingerprint density at radius 2 is 1.59 bits per heavy atom. The van der Waals surface area contributed by atoms with Gasteiger partial charge in [0.15, 0.2) is 0 Å². The van der Waals surface area contributed by atoms with E-state index in [1.54, 1.807) is 0 Å². The molecule has 3 fully saturated rings. The molecule has 2 saturated carbocycles. The van der Waals surface area contributed by atoms with Gasteiger partial charge < -0.3 is 0 Å². The smallest absolute Gasteiger partial charge is 0.233 e. The van der Waals surface area contributed by atoms with Gasteiger partial charge in [-0.3, -0.25) is 14.5 Å². The van der Waals surface area contributed by atoms with Crippen molar-refractivity contribution in [2.24, 2.45) is 29.1 Å². The normalized spacial score (nSPS) is 44.3. The van der Waals surface area contributed by atoms with Gasteiger partial charge in [0.25, 0.3) is 0 Å². The lowest BCUT2D eigenvalue weighted by atomic mass is 9.85. The van der Waals surface area contributed by atoms with Crippen LogP contribution in [0, 0.1) is 29.1 Å². The second-order valence-electron chi connectivity index (χ2n) is 6.36. The van der Waals surface area contributed by atoms with Crippen LogP contribution < -0.4 is 0 Å². The fraction of sp³-hybridized carbons (Fsp3) is 0.714. The maximum Gasteiger partial charge on any atom is 0.233 e. The highest BCUT2D eigenvalue weighted by molar-refractivity contribution is 6.07. The Morgan fingerprint density at radius 3 is 1.94 bits per heavy atom. The standard InChI is InChI=1S/C14H17NO2/c1-7(2)15-12(16)10-8-3-4-9(11(10)13(15)17)14(8)5-6-14/h3-4,7-11H,5-6H2,1-2H3/t8-,9-,10-,11+/m1/s1. The molecule has 2 amide bonds. The summed E-state index contributed by atoms with van der Waals surface area (Å²) in [4.78, 5) is 26.3. The number of imide groups is 1. The topological polar surface area (TPSA) is 37.4 Å². The number of hydrogen-bond acceptors (Lipinski definition) is 2. The molecule has 2 bridgehead atoms. The third kappa shape index (κ3) is 0.883. The molecular formula is C14H17NO2. The highest BCUT2D eigenvalue weighted by Gasteiger charge is 2.73. The number of rotatable bonds is 1. The van der Waals surface area contributed by atoms with Crippen molar-refractivity contribution in [1.29, 1.82) is 0 Å². The largest absolute Gasteiger partial charge is 0.280 e. The van der Waals surface area contributed by atoms with Crippen molar-refractivity contribution in [3.63, 3.8) is 0 Å². The third-order valence-corrected chi connectivity index (χ3v) is 5.40. The van der Waals surface area contributed by atoms with E-state index in [1.165, 1.54) is 17.7 Å². The van der Waals surface area contributed by atoms with Crippen LogP contribution in [-0.2, 0) is 9.59 Å². The quantitative estimate of drug-likeness (QED) is 0.507. The van der Waals surface area contributed by atoms with Crippen molar-refractivity contribution in [3.8, 4) is 0 Å². The minimum atomic E-state index is -0.0256. The third-order valence-electron chi connectivity index (χ3n) is 5.40. The predicted octanol–water partition coefficient (Wildman–Crippen LogP) is 1.59. The van der Waals surface area contributed by atoms with Crippen LogP contribution in [0.3, 0.4) is 0 Å². The van der Waals surface area contributed by atoms with Gasteiger partial charge in [0.05, 0.1) is 11.8 Å². The van der Waals surface area contributed by atoms with E-state index in [4.69, 9.17) is 0 Å². The molecule has 0 aromatic rings. The van der Waals surface area contributed by atoms with E-state index in [0.717, 1.165) is 0 Å². The molecule has 4 rings (SSSR count). The molecule has 0 N–H and O–H groups in total. The lowest BCUT2D eigenvalue weighted by Crippen LogP contribution is -2.39. The average Bonchev–Trinajstić information content (AvgIpc) is 2.85. The molecule has 0 aromatic heterocycles. The second kappa shape index (κ2) is 2.65. The number of hydrogen-bond donors (Lipinski definition) is 0. The van der Waals surface area contributed by atoms with E-state index in [9.17, 15) is 9.59 Å². The van der Waals surface area contributed by atoms with E-state index in [0.29, 0.717) is 17.3 Å². The molecule has 3 nitrogen and oxygen atoms in total. The molecule has 1 saturated heterocycles. The summed E-state index contributed by atoms with van der Waals surface area (Å²) in [7, 11) is 0. The Kier molecular flexibility index (Phi) is 1.54. The number of likely N-dealkylation sites (tertiary alicyclic amines) is 1. The van der Waals surface area contributed by atoms with E-state index < -0.39 is 0 Å². The van der Waals surface area contributed by atoms with Gasteiger partial charge in [0.2, 0.25) is 11.8 Å². The molecule has 1 spiro atoms. The number of fused-ring (bicyclic) bond motifs is 3. The first kappa shape index (κ1) is 9.86. The van der Waals surface area contributed by atoms with Crippen molar-refractivity contribution >= 4 is 11.8 Å². The van der Waals surface area contributed by atoms with Crippen LogP contribution in [0.2, 0.25) is 0 Å². The van der Waals surface area contributed by atoms with Gasteiger partial charge in [-0.2, -0.15) is 0 Å². The monoisotopic (exact) mass is 231 g/mol. The maximum atomic E-state index is 12.4. The van der Waals surface area contributed by atoms with Crippen LogP contribution >= 0.6 is 0 Å². The molecule has 0 unspecified atom stereocenters. The first-order chi connectivity index (χ1) is 8.08. The van der Waals surface area contributed by atoms with Crippen LogP contribution in [0.5, 0.6) is 0 Å². The molecule has 0 aromatic carbocycles. The Morgan fingerprint density at radius 1 is 1.12 bits per heavy atom. The number of nitrogens with zero attached hydrogens (tertiary/aromatic N) is 1. The van der Waals surface area contributed by atoms with Crippen molar-refractivity contribution < 1.29 is 9.59 Å². The van der Waals surface area contributed by atoms with E-state index in [2.05, 4.69) is 12.2 Å². The zero-order valence-corrected chi connectivity index (χ0v) is 10.2. The summed E-state index contributed by atoms with van der Waals surface area (Å²) in [6.45, 7) is 3.86. The van der Waals surface area contributed by atoms with Gasteiger partial charge in [-0.1, -0.05) is 12.2 Å². The Labute approximate surface area is 101 Å². The summed E-state index contributed by atoms with van der Waals surface area (Å²) in [5.41, 5.74) is 0.323. The minimum Gasteiger partial charge on any atom is -0.280 e. The summed E-state index contributed by atoms with van der Waals surface area (Å²) in [6.07, 6.45) is 6.86. The fourth-order valence-electron chi connectivity index (χ4n) is 4.61. The molecule has 17 heavy (non-hydrogen) atoms. The van der Waals surface area contributed by atoms with Crippen LogP contribution in [0.25, 0.3) is 0 Å². The number of carbonyl (C=O) groups is 2. The molecule has 0 radical (unpaired) electrons. The summed E-state index contributed by atoms with van der Waals surface area (Å²) < 4.78 is 0. The Balaban J connectivity index is 1.79. The summed E-state index contributed by atoms with van der Waals surface area (Å²) >= 11 is 0. The van der Waals surface area contributed by atoms with Crippen molar-refractivity contribution in [3.05, 3.63) is 12.2 Å². The number of amides is 2. The summed E-state index contributed by atoms with van der Waals surface area (Å²) in [6, 6.07) is 0.00940. The lowest BCUT2D eigenvalue weighted by molar-refractivity contribution is -0.143. The van der Waals surface area contributed by atoms with Crippen LogP contribution in [0.4, 0.5) is 0 Å². The molecule has 1 aliphatic heterocycles. The SMILES string of the molecule is CC(C)N1C(=O)[C@@H]2[C@H](C1=O)[C@H]1C=C[C@H]2C12CC2. The molecule has 90 valence electrons. The average molecular weight is 231 g/mol. The van der Waals surface area contributed by atoms with E-state index in [1.807, 2.05) is 13.8 Å². The molecule has 4 atom stereocenters. The van der Waals surface area contributed by atoms with Gasteiger partial charge in [0, 0.05) is 6.04 Å².